The highest BCUT2D eigenvalue weighted by molar-refractivity contribution is 7.80. The molecule has 5 nitrogen and oxygen atoms in total. The van der Waals surface area contributed by atoms with Crippen LogP contribution < -0.4 is 15.4 Å². The van der Waals surface area contributed by atoms with Gasteiger partial charge in [-0.3, -0.25) is 0 Å². The molecule has 0 saturated carbocycles. The van der Waals surface area contributed by atoms with Crippen LogP contribution in [0.3, 0.4) is 0 Å². The zero-order chi connectivity index (χ0) is 17.7. The molecule has 1 aromatic carbocycles. The third kappa shape index (κ3) is 4.26. The topological polar surface area (TPSA) is 59.6 Å². The van der Waals surface area contributed by atoms with Crippen LogP contribution in [0.4, 0.5) is 0 Å². The molecule has 1 heterocycles. The molecule has 0 spiro atoms. The second-order valence-corrected chi connectivity index (χ2v) is 6.44. The van der Waals surface area contributed by atoms with Gasteiger partial charge in [0.25, 0.3) is 0 Å². The van der Waals surface area contributed by atoms with Gasteiger partial charge in [0.2, 0.25) is 0 Å². The molecule has 0 fully saturated rings. The number of esters is 1. The molecular weight excluding hydrogens is 324 g/mol. The van der Waals surface area contributed by atoms with E-state index >= 15 is 0 Å². The van der Waals surface area contributed by atoms with Crippen LogP contribution >= 0.6 is 12.2 Å². The summed E-state index contributed by atoms with van der Waals surface area (Å²) in [7, 11) is 0. The van der Waals surface area contributed by atoms with Crippen LogP contribution in [-0.4, -0.2) is 24.3 Å². The molecular formula is C18H24N2O3S. The van der Waals surface area contributed by atoms with E-state index in [4.69, 9.17) is 21.7 Å². The van der Waals surface area contributed by atoms with Crippen molar-refractivity contribution in [2.45, 2.75) is 33.7 Å². The number of carbonyl (C=O) groups excluding carboxylic acids is 1. The van der Waals surface area contributed by atoms with E-state index < -0.39 is 6.04 Å². The standard InChI is InChI=1S/C18H24N2O3S/c1-5-22-14-9-7-6-8-13(14)16-15(12(4)19-18(24)20-16)17(21)23-10-11(2)3/h6-9,11,16H,5,10H2,1-4H3,(H2,19,20,24)/t16-/m1/s1. The fourth-order valence-electron chi connectivity index (χ4n) is 2.52. The third-order valence-corrected chi connectivity index (χ3v) is 3.79. The molecule has 0 aliphatic carbocycles. The van der Waals surface area contributed by atoms with E-state index in [1.165, 1.54) is 0 Å². The molecule has 2 rings (SSSR count). The van der Waals surface area contributed by atoms with E-state index in [-0.39, 0.29) is 11.9 Å². The molecule has 1 aliphatic heterocycles. The number of allylic oxidation sites excluding steroid dienone is 1. The van der Waals surface area contributed by atoms with Crippen molar-refractivity contribution < 1.29 is 14.3 Å². The molecule has 0 unspecified atom stereocenters. The summed E-state index contributed by atoms with van der Waals surface area (Å²) < 4.78 is 11.1. The van der Waals surface area contributed by atoms with Crippen molar-refractivity contribution in [1.29, 1.82) is 0 Å². The van der Waals surface area contributed by atoms with E-state index in [1.807, 2.05) is 52.0 Å². The van der Waals surface area contributed by atoms with Crippen molar-refractivity contribution in [3.05, 3.63) is 41.1 Å². The van der Waals surface area contributed by atoms with Gasteiger partial charge >= 0.3 is 5.97 Å². The third-order valence-electron chi connectivity index (χ3n) is 3.57. The Morgan fingerprint density at radius 2 is 2.04 bits per heavy atom. The number of rotatable bonds is 6. The Bertz CT molecular complexity index is 655. The molecule has 2 N–H and O–H groups in total. The maximum atomic E-state index is 12.6. The highest BCUT2D eigenvalue weighted by Crippen LogP contribution is 2.33. The van der Waals surface area contributed by atoms with E-state index in [9.17, 15) is 4.79 Å². The molecule has 24 heavy (non-hydrogen) atoms. The number of ether oxygens (including phenoxy) is 2. The predicted molar refractivity (Wildman–Crippen MR) is 97.7 cm³/mol. The lowest BCUT2D eigenvalue weighted by atomic mass is 9.95. The summed E-state index contributed by atoms with van der Waals surface area (Å²) >= 11 is 5.26. The highest BCUT2D eigenvalue weighted by atomic mass is 32.1. The van der Waals surface area contributed by atoms with E-state index in [0.29, 0.717) is 29.6 Å². The number of hydrogen-bond acceptors (Lipinski definition) is 4. The highest BCUT2D eigenvalue weighted by Gasteiger charge is 2.32. The maximum absolute atomic E-state index is 12.6. The second kappa shape index (κ2) is 8.15. The van der Waals surface area contributed by atoms with Gasteiger partial charge < -0.3 is 20.1 Å². The molecule has 0 amide bonds. The lowest BCUT2D eigenvalue weighted by Gasteiger charge is -2.30. The monoisotopic (exact) mass is 348 g/mol. The largest absolute Gasteiger partial charge is 0.494 e. The molecule has 0 aromatic heterocycles. The van der Waals surface area contributed by atoms with E-state index in [2.05, 4.69) is 10.6 Å². The minimum atomic E-state index is -0.402. The number of para-hydroxylation sites is 1. The van der Waals surface area contributed by atoms with Crippen molar-refractivity contribution >= 4 is 23.3 Å². The van der Waals surface area contributed by atoms with Gasteiger partial charge in [-0.1, -0.05) is 32.0 Å². The number of carbonyl (C=O) groups is 1. The normalized spacial score (nSPS) is 17.4. The van der Waals surface area contributed by atoms with E-state index in [0.717, 1.165) is 11.3 Å². The van der Waals surface area contributed by atoms with Crippen molar-refractivity contribution in [3.63, 3.8) is 0 Å². The summed E-state index contributed by atoms with van der Waals surface area (Å²) in [4.78, 5) is 12.6. The van der Waals surface area contributed by atoms with Crippen LogP contribution in [-0.2, 0) is 9.53 Å². The van der Waals surface area contributed by atoms with Gasteiger partial charge in [0, 0.05) is 11.3 Å². The van der Waals surface area contributed by atoms with Crippen molar-refractivity contribution in [2.24, 2.45) is 5.92 Å². The first-order valence-corrected chi connectivity index (χ1v) is 8.52. The number of hydrogen-bond donors (Lipinski definition) is 2. The average Bonchev–Trinajstić information content (AvgIpc) is 2.52. The lowest BCUT2D eigenvalue weighted by molar-refractivity contribution is -0.140. The zero-order valence-corrected chi connectivity index (χ0v) is 15.3. The van der Waals surface area contributed by atoms with Crippen molar-refractivity contribution in [1.82, 2.24) is 10.6 Å². The minimum Gasteiger partial charge on any atom is -0.494 e. The molecule has 0 bridgehead atoms. The number of benzene rings is 1. The summed E-state index contributed by atoms with van der Waals surface area (Å²) in [6, 6.07) is 7.23. The first kappa shape index (κ1) is 18.3. The van der Waals surface area contributed by atoms with Gasteiger partial charge in [-0.15, -0.1) is 0 Å². The smallest absolute Gasteiger partial charge is 0.338 e. The van der Waals surface area contributed by atoms with Crippen molar-refractivity contribution in [2.75, 3.05) is 13.2 Å². The Labute approximate surface area is 148 Å². The summed E-state index contributed by atoms with van der Waals surface area (Å²) in [5.74, 6) is 0.652. The van der Waals surface area contributed by atoms with Crippen LogP contribution in [0.2, 0.25) is 0 Å². The van der Waals surface area contributed by atoms with Gasteiger partial charge in [0.05, 0.1) is 24.8 Å². The van der Waals surface area contributed by atoms with Gasteiger partial charge in [-0.05, 0) is 38.0 Å². The predicted octanol–water partition coefficient (Wildman–Crippen LogP) is 3.08. The maximum Gasteiger partial charge on any atom is 0.338 e. The number of nitrogens with one attached hydrogen (secondary N) is 2. The second-order valence-electron chi connectivity index (χ2n) is 6.03. The fourth-order valence-corrected chi connectivity index (χ4v) is 2.79. The Morgan fingerprint density at radius 1 is 1.33 bits per heavy atom. The van der Waals surface area contributed by atoms with Crippen LogP contribution in [0.25, 0.3) is 0 Å². The Balaban J connectivity index is 2.40. The Morgan fingerprint density at radius 3 is 2.71 bits per heavy atom. The molecule has 1 atom stereocenters. The SMILES string of the molecule is CCOc1ccccc1[C@H]1NC(=S)NC(C)=C1C(=O)OCC(C)C. The Kier molecular flexibility index (Phi) is 6.20. The molecule has 1 aromatic rings. The molecule has 130 valence electrons. The minimum absolute atomic E-state index is 0.273. The van der Waals surface area contributed by atoms with Gasteiger partial charge in [0.15, 0.2) is 5.11 Å². The fraction of sp³-hybridized carbons (Fsp3) is 0.444. The number of thiocarbonyl (C=S) groups is 1. The summed E-state index contributed by atoms with van der Waals surface area (Å²) in [5, 5.41) is 6.65. The zero-order valence-electron chi connectivity index (χ0n) is 14.5. The molecule has 6 heteroatoms. The summed E-state index contributed by atoms with van der Waals surface area (Å²) in [5.41, 5.74) is 2.08. The van der Waals surface area contributed by atoms with Crippen LogP contribution in [0, 0.1) is 5.92 Å². The Hall–Kier alpha value is -2.08. The average molecular weight is 348 g/mol. The quantitative estimate of drug-likeness (QED) is 0.609. The van der Waals surface area contributed by atoms with Gasteiger partial charge in [-0.25, -0.2) is 4.79 Å². The van der Waals surface area contributed by atoms with Crippen LogP contribution in [0.5, 0.6) is 5.75 Å². The van der Waals surface area contributed by atoms with Crippen LogP contribution in [0.1, 0.15) is 39.3 Å². The van der Waals surface area contributed by atoms with Crippen molar-refractivity contribution in [3.8, 4) is 5.75 Å². The van der Waals surface area contributed by atoms with Gasteiger partial charge in [0.1, 0.15) is 5.75 Å². The first-order chi connectivity index (χ1) is 11.4. The molecule has 1 aliphatic rings. The first-order valence-electron chi connectivity index (χ1n) is 8.11. The summed E-state index contributed by atoms with van der Waals surface area (Å²) in [6.07, 6.45) is 0. The van der Waals surface area contributed by atoms with Gasteiger partial charge in [-0.2, -0.15) is 0 Å². The lowest BCUT2D eigenvalue weighted by Crippen LogP contribution is -2.45. The summed E-state index contributed by atoms with van der Waals surface area (Å²) in [6.45, 7) is 8.68. The van der Waals surface area contributed by atoms with Crippen LogP contribution in [0.15, 0.2) is 35.5 Å². The van der Waals surface area contributed by atoms with E-state index in [1.54, 1.807) is 0 Å². The molecule has 0 saturated heterocycles. The molecule has 0 radical (unpaired) electrons.